The lowest BCUT2D eigenvalue weighted by Gasteiger charge is -2.12. The van der Waals surface area contributed by atoms with Crippen molar-refractivity contribution in [1.29, 1.82) is 0 Å². The van der Waals surface area contributed by atoms with Crippen molar-refractivity contribution in [1.82, 2.24) is 30.2 Å². The van der Waals surface area contributed by atoms with Gasteiger partial charge >= 0.3 is 6.03 Å². The minimum atomic E-state index is -0.581. The molecule has 10 nitrogen and oxygen atoms in total. The molecule has 3 amide bonds. The fourth-order valence-electron chi connectivity index (χ4n) is 3.80. The van der Waals surface area contributed by atoms with E-state index in [1.54, 1.807) is 28.1 Å². The fraction of sp³-hybridized carbons (Fsp3) is 0.174. The van der Waals surface area contributed by atoms with Crippen LogP contribution in [0.4, 0.5) is 21.1 Å². The van der Waals surface area contributed by atoms with Crippen LogP contribution in [-0.4, -0.2) is 37.6 Å². The largest absolute Gasteiger partial charge is 0.351 e. The molecule has 2 fully saturated rings. The molecule has 4 N–H and O–H groups in total. The summed E-state index contributed by atoms with van der Waals surface area (Å²) in [5.74, 6) is -0.0249. The first-order valence-corrected chi connectivity index (χ1v) is 11.9. The number of thiophene rings is 1. The zero-order valence-corrected chi connectivity index (χ0v) is 19.0. The van der Waals surface area contributed by atoms with Gasteiger partial charge in [-0.3, -0.25) is 10.1 Å². The van der Waals surface area contributed by atoms with E-state index >= 15 is 0 Å². The quantitative estimate of drug-likeness (QED) is 0.231. The van der Waals surface area contributed by atoms with E-state index in [-0.39, 0.29) is 11.5 Å². The number of aromatic nitrogens is 4. The van der Waals surface area contributed by atoms with E-state index in [1.807, 2.05) is 16.8 Å². The van der Waals surface area contributed by atoms with Crippen molar-refractivity contribution >= 4 is 46.9 Å². The number of rotatable bonds is 7. The first-order valence-electron chi connectivity index (χ1n) is 10.9. The molecule has 3 aromatic heterocycles. The summed E-state index contributed by atoms with van der Waals surface area (Å²) in [6, 6.07) is 6.42. The summed E-state index contributed by atoms with van der Waals surface area (Å²) in [4.78, 5) is 32.6. The number of hydrogen-bond acceptors (Lipinski definition) is 8. The Bertz CT molecular complexity index is 1490. The molecule has 4 heterocycles. The molecule has 176 valence electrons. The predicted molar refractivity (Wildman–Crippen MR) is 129 cm³/mol. The molecule has 0 unspecified atom stereocenters. The third-order valence-electron chi connectivity index (χ3n) is 5.66. The monoisotopic (exact) mass is 490 g/mol. The maximum atomic E-state index is 14.1. The standard InChI is InChI=1S/C23H19FN8O2S/c24-15-1-4-17(12-5-6-35-11-12)13(7-15)9-25-21-29-19-14(8-18-20(33)30-23(34)28-18)10-26-32(19)22(31-21)27-16-2-3-16/h1,4-8,10-11,16H,2-3,9H2,(H2,25,27,29,31)(H2,28,30,33,34)/b18-8-. The minimum Gasteiger partial charge on any atom is -0.351 e. The number of nitrogens with one attached hydrogen (secondary N) is 4. The molecular formula is C23H19FN8O2S. The summed E-state index contributed by atoms with van der Waals surface area (Å²) in [6.07, 6.45) is 5.14. The van der Waals surface area contributed by atoms with E-state index in [2.05, 4.69) is 36.3 Å². The van der Waals surface area contributed by atoms with Crippen LogP contribution in [0, 0.1) is 5.82 Å². The summed E-state index contributed by atoms with van der Waals surface area (Å²) >= 11 is 1.58. The summed E-state index contributed by atoms with van der Waals surface area (Å²) in [7, 11) is 0. The molecule has 35 heavy (non-hydrogen) atoms. The molecule has 12 heteroatoms. The summed E-state index contributed by atoms with van der Waals surface area (Å²) in [6.45, 7) is 0.297. The fourth-order valence-corrected chi connectivity index (χ4v) is 4.46. The van der Waals surface area contributed by atoms with Crippen LogP contribution < -0.4 is 21.3 Å². The normalized spacial score (nSPS) is 16.5. The maximum Gasteiger partial charge on any atom is 0.326 e. The highest BCUT2D eigenvalue weighted by atomic mass is 32.1. The van der Waals surface area contributed by atoms with E-state index in [4.69, 9.17) is 0 Å². The van der Waals surface area contributed by atoms with Crippen molar-refractivity contribution in [3.63, 3.8) is 0 Å². The lowest BCUT2D eigenvalue weighted by atomic mass is 10.0. The van der Waals surface area contributed by atoms with Crippen LogP contribution >= 0.6 is 11.3 Å². The van der Waals surface area contributed by atoms with Crippen LogP contribution in [0.25, 0.3) is 22.9 Å². The second kappa shape index (κ2) is 8.47. The number of amides is 3. The average molecular weight is 491 g/mol. The van der Waals surface area contributed by atoms with Crippen LogP contribution in [0.3, 0.4) is 0 Å². The Hall–Kier alpha value is -4.32. The third-order valence-corrected chi connectivity index (χ3v) is 6.35. The van der Waals surface area contributed by atoms with Crippen molar-refractivity contribution in [3.05, 3.63) is 63.9 Å². The lowest BCUT2D eigenvalue weighted by Crippen LogP contribution is -2.22. The van der Waals surface area contributed by atoms with Gasteiger partial charge in [-0.2, -0.15) is 30.9 Å². The SMILES string of the molecule is O=C1NC(=O)/C(=C/c2cnn3c(NC4CC4)nc(NCc4cc(F)ccc4-c4ccsc4)nc23)N1. The number of carbonyl (C=O) groups excluding carboxylic acids is 2. The van der Waals surface area contributed by atoms with E-state index in [1.165, 1.54) is 18.2 Å². The number of nitrogens with zero attached hydrogens (tertiary/aromatic N) is 4. The van der Waals surface area contributed by atoms with Gasteiger partial charge in [-0.25, -0.2) is 9.18 Å². The summed E-state index contributed by atoms with van der Waals surface area (Å²) in [5.41, 5.74) is 3.80. The van der Waals surface area contributed by atoms with Gasteiger partial charge in [-0.1, -0.05) is 6.07 Å². The molecule has 0 atom stereocenters. The third kappa shape index (κ3) is 4.30. The van der Waals surface area contributed by atoms with E-state index in [0.717, 1.165) is 29.5 Å². The van der Waals surface area contributed by atoms with Gasteiger partial charge in [0.15, 0.2) is 5.65 Å². The molecule has 0 radical (unpaired) electrons. The predicted octanol–water partition coefficient (Wildman–Crippen LogP) is 3.36. The molecule has 4 aromatic rings. The second-order valence-corrected chi connectivity index (χ2v) is 9.04. The average Bonchev–Trinajstić information content (AvgIpc) is 3.19. The number of hydrogen-bond donors (Lipinski definition) is 4. The van der Waals surface area contributed by atoms with E-state index in [9.17, 15) is 14.0 Å². The number of fused-ring (bicyclic) bond motifs is 1. The molecule has 1 aliphatic heterocycles. The topological polar surface area (TPSA) is 125 Å². The summed E-state index contributed by atoms with van der Waals surface area (Å²) in [5, 5.41) is 19.5. The molecule has 1 aromatic carbocycles. The van der Waals surface area contributed by atoms with Gasteiger partial charge in [0.25, 0.3) is 5.91 Å². The van der Waals surface area contributed by atoms with E-state index in [0.29, 0.717) is 35.7 Å². The lowest BCUT2D eigenvalue weighted by molar-refractivity contribution is -0.115. The molecule has 1 saturated heterocycles. The minimum absolute atomic E-state index is 0.106. The summed E-state index contributed by atoms with van der Waals surface area (Å²) < 4.78 is 15.6. The number of halogens is 1. The number of anilines is 2. The highest BCUT2D eigenvalue weighted by Gasteiger charge is 2.26. The molecule has 0 bridgehead atoms. The van der Waals surface area contributed by atoms with Gasteiger partial charge < -0.3 is 16.0 Å². The highest BCUT2D eigenvalue weighted by Crippen LogP contribution is 2.28. The van der Waals surface area contributed by atoms with Gasteiger partial charge in [0.1, 0.15) is 11.5 Å². The van der Waals surface area contributed by atoms with Crippen molar-refractivity contribution in [2.24, 2.45) is 0 Å². The van der Waals surface area contributed by atoms with Crippen molar-refractivity contribution in [2.75, 3.05) is 10.6 Å². The molecule has 6 rings (SSSR count). The van der Waals surface area contributed by atoms with Crippen LogP contribution in [0.2, 0.25) is 0 Å². The van der Waals surface area contributed by atoms with Crippen molar-refractivity contribution < 1.29 is 14.0 Å². The van der Waals surface area contributed by atoms with Gasteiger partial charge in [-0.05, 0) is 64.6 Å². The number of carbonyl (C=O) groups is 2. The van der Waals surface area contributed by atoms with Crippen LogP contribution in [0.1, 0.15) is 24.0 Å². The zero-order chi connectivity index (χ0) is 23.9. The van der Waals surface area contributed by atoms with Gasteiger partial charge in [0.2, 0.25) is 11.9 Å². The smallest absolute Gasteiger partial charge is 0.326 e. The Kier molecular flexibility index (Phi) is 5.14. The molecular weight excluding hydrogens is 471 g/mol. The first-order chi connectivity index (χ1) is 17.0. The molecule has 0 spiro atoms. The van der Waals surface area contributed by atoms with Crippen LogP contribution in [-0.2, 0) is 11.3 Å². The molecule has 1 aliphatic carbocycles. The Balaban J connectivity index is 1.35. The number of benzene rings is 1. The van der Waals surface area contributed by atoms with Gasteiger partial charge in [0.05, 0.1) is 6.20 Å². The Morgan fingerprint density at radius 3 is 2.83 bits per heavy atom. The maximum absolute atomic E-state index is 14.1. The Morgan fingerprint density at radius 1 is 1.20 bits per heavy atom. The molecule has 1 saturated carbocycles. The number of imide groups is 1. The Labute approximate surface area is 202 Å². The Morgan fingerprint density at radius 2 is 2.09 bits per heavy atom. The first kappa shape index (κ1) is 21.2. The van der Waals surface area contributed by atoms with E-state index < -0.39 is 11.9 Å². The number of urea groups is 1. The zero-order valence-electron chi connectivity index (χ0n) is 18.2. The van der Waals surface area contributed by atoms with Crippen LogP contribution in [0.15, 0.2) is 46.9 Å². The highest BCUT2D eigenvalue weighted by molar-refractivity contribution is 7.08. The molecule has 2 aliphatic rings. The van der Waals surface area contributed by atoms with Gasteiger partial charge in [0, 0.05) is 18.2 Å². The van der Waals surface area contributed by atoms with Gasteiger partial charge in [-0.15, -0.1) is 0 Å². The van der Waals surface area contributed by atoms with Crippen LogP contribution in [0.5, 0.6) is 0 Å². The van der Waals surface area contributed by atoms with Crippen molar-refractivity contribution in [2.45, 2.75) is 25.4 Å². The second-order valence-electron chi connectivity index (χ2n) is 8.26. The van der Waals surface area contributed by atoms with Crippen molar-refractivity contribution in [3.8, 4) is 11.1 Å².